The van der Waals surface area contributed by atoms with Gasteiger partial charge in [0.1, 0.15) is 12.4 Å². The molecule has 0 aliphatic heterocycles. The van der Waals surface area contributed by atoms with E-state index >= 15 is 0 Å². The third-order valence-corrected chi connectivity index (χ3v) is 3.47. The third-order valence-electron chi connectivity index (χ3n) is 3.47. The Bertz CT molecular complexity index is 389. The molecule has 1 atom stereocenters. The second-order valence-corrected chi connectivity index (χ2v) is 4.90. The predicted molar refractivity (Wildman–Crippen MR) is 79.5 cm³/mol. The second kappa shape index (κ2) is 9.37. The number of hydrogen-bond donors (Lipinski definition) is 1. The Morgan fingerprint density at radius 1 is 1.25 bits per heavy atom. The van der Waals surface area contributed by atoms with E-state index in [-0.39, 0.29) is 5.97 Å². The number of nitrogens with two attached hydrogens (primary N) is 1. The average Bonchev–Trinajstić information content (AvgIpc) is 2.49. The first-order valence-electron chi connectivity index (χ1n) is 7.18. The highest BCUT2D eigenvalue weighted by molar-refractivity contribution is 5.69. The SMILES string of the molecule is CCC(CCN)CCC(=O)OCc1ccc(OC)cc1. The maximum atomic E-state index is 11.7. The second-order valence-electron chi connectivity index (χ2n) is 4.90. The van der Waals surface area contributed by atoms with Gasteiger partial charge in [0, 0.05) is 6.42 Å². The number of benzene rings is 1. The summed E-state index contributed by atoms with van der Waals surface area (Å²) in [5, 5.41) is 0. The molecular weight excluding hydrogens is 254 g/mol. The van der Waals surface area contributed by atoms with Gasteiger partial charge in [0.15, 0.2) is 0 Å². The minimum Gasteiger partial charge on any atom is -0.497 e. The highest BCUT2D eigenvalue weighted by Gasteiger charge is 2.10. The molecule has 0 saturated carbocycles. The molecule has 4 heteroatoms. The Hall–Kier alpha value is -1.55. The van der Waals surface area contributed by atoms with Crippen molar-refractivity contribution in [3.8, 4) is 5.75 Å². The maximum absolute atomic E-state index is 11.7. The van der Waals surface area contributed by atoms with E-state index in [0.717, 1.165) is 30.6 Å². The molecule has 4 nitrogen and oxygen atoms in total. The molecule has 0 aliphatic carbocycles. The minimum atomic E-state index is -0.142. The van der Waals surface area contributed by atoms with Gasteiger partial charge in [-0.05, 0) is 43.0 Å². The zero-order chi connectivity index (χ0) is 14.8. The lowest BCUT2D eigenvalue weighted by Crippen LogP contribution is -2.11. The van der Waals surface area contributed by atoms with Crippen LogP contribution < -0.4 is 10.5 Å². The van der Waals surface area contributed by atoms with Crippen LogP contribution in [0, 0.1) is 5.92 Å². The highest BCUT2D eigenvalue weighted by Crippen LogP contribution is 2.16. The van der Waals surface area contributed by atoms with Gasteiger partial charge in [0.05, 0.1) is 7.11 Å². The van der Waals surface area contributed by atoms with E-state index in [1.54, 1.807) is 7.11 Å². The standard InChI is InChI=1S/C16H25NO3/c1-3-13(10-11-17)6-9-16(18)20-12-14-4-7-15(19-2)8-5-14/h4-5,7-8,13H,3,6,9-12,17H2,1-2H3. The van der Waals surface area contributed by atoms with E-state index in [2.05, 4.69) is 6.92 Å². The summed E-state index contributed by atoms with van der Waals surface area (Å²) in [6, 6.07) is 7.51. The molecule has 112 valence electrons. The Morgan fingerprint density at radius 2 is 1.95 bits per heavy atom. The van der Waals surface area contributed by atoms with Crippen LogP contribution in [0.5, 0.6) is 5.75 Å². The Kier molecular flexibility index (Phi) is 7.73. The van der Waals surface area contributed by atoms with Crippen LogP contribution in [-0.2, 0) is 16.1 Å². The van der Waals surface area contributed by atoms with Crippen molar-refractivity contribution in [2.75, 3.05) is 13.7 Å². The number of methoxy groups -OCH3 is 1. The number of esters is 1. The van der Waals surface area contributed by atoms with Gasteiger partial charge >= 0.3 is 5.97 Å². The van der Waals surface area contributed by atoms with Crippen molar-refractivity contribution in [2.45, 2.75) is 39.2 Å². The number of hydrogen-bond acceptors (Lipinski definition) is 4. The Morgan fingerprint density at radius 3 is 2.50 bits per heavy atom. The number of ether oxygens (including phenoxy) is 2. The van der Waals surface area contributed by atoms with Gasteiger partial charge < -0.3 is 15.2 Å². The summed E-state index contributed by atoms with van der Waals surface area (Å²) in [5.41, 5.74) is 6.51. The summed E-state index contributed by atoms with van der Waals surface area (Å²) in [4.78, 5) is 11.7. The van der Waals surface area contributed by atoms with E-state index in [9.17, 15) is 4.79 Å². The van der Waals surface area contributed by atoms with Crippen LogP contribution in [0.1, 0.15) is 38.2 Å². The Balaban J connectivity index is 2.28. The summed E-state index contributed by atoms with van der Waals surface area (Å²) >= 11 is 0. The summed E-state index contributed by atoms with van der Waals surface area (Å²) in [5.74, 6) is 1.18. The van der Waals surface area contributed by atoms with Crippen LogP contribution in [0.15, 0.2) is 24.3 Å². The molecule has 0 saturated heterocycles. The maximum Gasteiger partial charge on any atom is 0.306 e. The van der Waals surface area contributed by atoms with Gasteiger partial charge in [-0.15, -0.1) is 0 Å². The molecule has 0 spiro atoms. The molecule has 1 aromatic rings. The molecule has 0 aromatic heterocycles. The monoisotopic (exact) mass is 279 g/mol. The topological polar surface area (TPSA) is 61.6 Å². The summed E-state index contributed by atoms with van der Waals surface area (Å²) in [7, 11) is 1.63. The predicted octanol–water partition coefficient (Wildman–Crippen LogP) is 2.89. The molecule has 0 heterocycles. The van der Waals surface area contributed by atoms with Crippen LogP contribution in [0.4, 0.5) is 0 Å². The number of carbonyl (C=O) groups excluding carboxylic acids is 1. The molecule has 1 aromatic carbocycles. The molecule has 1 unspecified atom stereocenters. The zero-order valence-corrected chi connectivity index (χ0v) is 12.4. The molecule has 0 aliphatic rings. The summed E-state index contributed by atoms with van der Waals surface area (Å²) in [6.07, 6.45) is 3.36. The van der Waals surface area contributed by atoms with Gasteiger partial charge in [0.25, 0.3) is 0 Å². The van der Waals surface area contributed by atoms with E-state index in [1.807, 2.05) is 24.3 Å². The van der Waals surface area contributed by atoms with Crippen molar-refractivity contribution in [3.05, 3.63) is 29.8 Å². The van der Waals surface area contributed by atoms with Gasteiger partial charge in [-0.2, -0.15) is 0 Å². The summed E-state index contributed by atoms with van der Waals surface area (Å²) in [6.45, 7) is 3.12. The van der Waals surface area contributed by atoms with Crippen molar-refractivity contribution < 1.29 is 14.3 Å². The first kappa shape index (κ1) is 16.5. The van der Waals surface area contributed by atoms with Crippen LogP contribution in [0.25, 0.3) is 0 Å². The van der Waals surface area contributed by atoms with E-state index in [0.29, 0.717) is 25.5 Å². The minimum absolute atomic E-state index is 0.142. The van der Waals surface area contributed by atoms with Crippen molar-refractivity contribution in [1.82, 2.24) is 0 Å². The van der Waals surface area contributed by atoms with Crippen molar-refractivity contribution >= 4 is 5.97 Å². The Labute approximate surface area is 121 Å². The molecule has 1 rings (SSSR count). The third kappa shape index (κ3) is 6.06. The van der Waals surface area contributed by atoms with Crippen LogP contribution >= 0.6 is 0 Å². The van der Waals surface area contributed by atoms with Crippen molar-refractivity contribution in [2.24, 2.45) is 11.7 Å². The van der Waals surface area contributed by atoms with Gasteiger partial charge in [0.2, 0.25) is 0 Å². The first-order chi connectivity index (χ1) is 9.69. The first-order valence-corrected chi connectivity index (χ1v) is 7.18. The van der Waals surface area contributed by atoms with Gasteiger partial charge in [-0.25, -0.2) is 0 Å². The van der Waals surface area contributed by atoms with Crippen LogP contribution in [0.2, 0.25) is 0 Å². The van der Waals surface area contributed by atoms with Crippen molar-refractivity contribution in [1.29, 1.82) is 0 Å². The van der Waals surface area contributed by atoms with E-state index in [1.165, 1.54) is 0 Å². The molecule has 20 heavy (non-hydrogen) atoms. The molecule has 2 N–H and O–H groups in total. The fraction of sp³-hybridized carbons (Fsp3) is 0.562. The van der Waals surface area contributed by atoms with Gasteiger partial charge in [-0.1, -0.05) is 25.5 Å². The molecule has 0 radical (unpaired) electrons. The van der Waals surface area contributed by atoms with Crippen molar-refractivity contribution in [3.63, 3.8) is 0 Å². The molecule has 0 amide bonds. The molecule has 0 fully saturated rings. The number of rotatable bonds is 9. The van der Waals surface area contributed by atoms with E-state index < -0.39 is 0 Å². The molecular formula is C16H25NO3. The lowest BCUT2D eigenvalue weighted by atomic mass is 9.97. The van der Waals surface area contributed by atoms with Crippen LogP contribution in [-0.4, -0.2) is 19.6 Å². The highest BCUT2D eigenvalue weighted by atomic mass is 16.5. The molecule has 0 bridgehead atoms. The fourth-order valence-electron chi connectivity index (χ4n) is 2.07. The lowest BCUT2D eigenvalue weighted by Gasteiger charge is -2.12. The van der Waals surface area contributed by atoms with E-state index in [4.69, 9.17) is 15.2 Å². The zero-order valence-electron chi connectivity index (χ0n) is 12.4. The summed E-state index contributed by atoms with van der Waals surface area (Å²) < 4.78 is 10.3. The quantitative estimate of drug-likeness (QED) is 0.706. The normalized spacial score (nSPS) is 11.9. The number of carbonyl (C=O) groups is 1. The van der Waals surface area contributed by atoms with Gasteiger partial charge in [-0.3, -0.25) is 4.79 Å². The average molecular weight is 279 g/mol. The smallest absolute Gasteiger partial charge is 0.306 e. The van der Waals surface area contributed by atoms with Crippen LogP contribution in [0.3, 0.4) is 0 Å². The lowest BCUT2D eigenvalue weighted by molar-refractivity contribution is -0.145. The fourth-order valence-corrected chi connectivity index (χ4v) is 2.07. The largest absolute Gasteiger partial charge is 0.497 e.